The van der Waals surface area contributed by atoms with Crippen LogP contribution in [0, 0.1) is 0 Å². The Labute approximate surface area is 143 Å². The van der Waals surface area contributed by atoms with E-state index in [-0.39, 0.29) is 18.4 Å². The van der Waals surface area contributed by atoms with Gasteiger partial charge in [0.05, 0.1) is 19.8 Å². The molecular formula is C18H25N3O3. The number of nitrogens with zero attached hydrogens (tertiary/aromatic N) is 2. The van der Waals surface area contributed by atoms with Gasteiger partial charge in [0.25, 0.3) is 0 Å². The normalized spacial score (nSPS) is 14.0. The summed E-state index contributed by atoms with van der Waals surface area (Å²) >= 11 is 0. The highest BCUT2D eigenvalue weighted by Crippen LogP contribution is 2.19. The van der Waals surface area contributed by atoms with Gasteiger partial charge in [0.2, 0.25) is 11.8 Å². The lowest BCUT2D eigenvalue weighted by Gasteiger charge is -2.28. The summed E-state index contributed by atoms with van der Waals surface area (Å²) in [5, 5.41) is 2.81. The molecule has 1 heterocycles. The van der Waals surface area contributed by atoms with Crippen molar-refractivity contribution in [3.05, 3.63) is 35.9 Å². The van der Waals surface area contributed by atoms with Crippen molar-refractivity contribution in [2.24, 2.45) is 0 Å². The van der Waals surface area contributed by atoms with Crippen molar-refractivity contribution in [3.8, 4) is 0 Å². The number of carbonyl (C=O) groups is 2. The van der Waals surface area contributed by atoms with Crippen LogP contribution in [-0.2, 0) is 14.3 Å². The van der Waals surface area contributed by atoms with E-state index in [1.165, 1.54) is 11.0 Å². The van der Waals surface area contributed by atoms with Gasteiger partial charge in [-0.3, -0.25) is 9.59 Å². The molecule has 0 aliphatic carbocycles. The van der Waals surface area contributed by atoms with E-state index in [0.29, 0.717) is 0 Å². The topological polar surface area (TPSA) is 61.9 Å². The maximum Gasteiger partial charge on any atom is 0.246 e. The molecule has 2 rings (SSSR count). The van der Waals surface area contributed by atoms with Gasteiger partial charge in [-0.25, -0.2) is 0 Å². The molecule has 0 spiro atoms. The molecule has 0 unspecified atom stereocenters. The van der Waals surface area contributed by atoms with E-state index < -0.39 is 0 Å². The van der Waals surface area contributed by atoms with Gasteiger partial charge >= 0.3 is 0 Å². The number of nitrogens with one attached hydrogen (secondary N) is 1. The lowest BCUT2D eigenvalue weighted by atomic mass is 10.2. The second-order valence-corrected chi connectivity index (χ2v) is 6.11. The third-order valence-electron chi connectivity index (χ3n) is 3.70. The maximum atomic E-state index is 12.0. The molecule has 6 nitrogen and oxygen atoms in total. The number of rotatable bonds is 5. The molecule has 1 aromatic rings. The molecule has 6 heteroatoms. The molecule has 0 radical (unpaired) electrons. The van der Waals surface area contributed by atoms with Crippen LogP contribution in [0.5, 0.6) is 0 Å². The monoisotopic (exact) mass is 331 g/mol. The number of anilines is 2. The van der Waals surface area contributed by atoms with Crippen LogP contribution in [-0.4, -0.2) is 56.6 Å². The smallest absolute Gasteiger partial charge is 0.246 e. The van der Waals surface area contributed by atoms with Crippen molar-refractivity contribution in [1.82, 2.24) is 4.90 Å². The van der Waals surface area contributed by atoms with Gasteiger partial charge in [0, 0.05) is 37.6 Å². The quantitative estimate of drug-likeness (QED) is 0.837. The van der Waals surface area contributed by atoms with Crippen molar-refractivity contribution in [2.45, 2.75) is 13.8 Å². The van der Waals surface area contributed by atoms with Crippen LogP contribution in [0.3, 0.4) is 0 Å². The molecule has 1 aromatic carbocycles. The summed E-state index contributed by atoms with van der Waals surface area (Å²) in [5.41, 5.74) is 2.75. The van der Waals surface area contributed by atoms with Crippen LogP contribution in [0.1, 0.15) is 13.8 Å². The molecule has 1 N–H and O–H groups in total. The minimum absolute atomic E-state index is 0.0217. The fourth-order valence-corrected chi connectivity index (χ4v) is 2.43. The van der Waals surface area contributed by atoms with E-state index in [2.05, 4.69) is 10.2 Å². The van der Waals surface area contributed by atoms with E-state index in [1.54, 1.807) is 7.05 Å². The third-order valence-corrected chi connectivity index (χ3v) is 3.70. The average molecular weight is 331 g/mol. The Bertz CT molecular complexity index is 600. The largest absolute Gasteiger partial charge is 0.378 e. The number of morpholine rings is 1. The molecule has 0 bridgehead atoms. The lowest BCUT2D eigenvalue weighted by molar-refractivity contribution is -0.129. The number of allylic oxidation sites excluding steroid dienone is 1. The Morgan fingerprint density at radius 1 is 1.21 bits per heavy atom. The number of ether oxygens (including phenoxy) is 1. The van der Waals surface area contributed by atoms with Gasteiger partial charge in [0.15, 0.2) is 0 Å². The summed E-state index contributed by atoms with van der Waals surface area (Å²) < 4.78 is 5.34. The third kappa shape index (κ3) is 5.38. The van der Waals surface area contributed by atoms with Crippen molar-refractivity contribution < 1.29 is 14.3 Å². The Kier molecular flexibility index (Phi) is 6.37. The molecule has 0 aromatic heterocycles. The van der Waals surface area contributed by atoms with Crippen molar-refractivity contribution in [3.63, 3.8) is 0 Å². The second-order valence-electron chi connectivity index (χ2n) is 6.11. The van der Waals surface area contributed by atoms with Crippen molar-refractivity contribution in [2.75, 3.05) is 50.1 Å². The van der Waals surface area contributed by atoms with E-state index in [1.807, 2.05) is 38.1 Å². The summed E-state index contributed by atoms with van der Waals surface area (Å²) in [6, 6.07) is 7.72. The van der Waals surface area contributed by atoms with E-state index in [9.17, 15) is 9.59 Å². The molecule has 130 valence electrons. The van der Waals surface area contributed by atoms with Gasteiger partial charge < -0.3 is 19.9 Å². The average Bonchev–Trinajstić information content (AvgIpc) is 2.55. The fourth-order valence-electron chi connectivity index (χ4n) is 2.43. The van der Waals surface area contributed by atoms with Gasteiger partial charge in [0.1, 0.15) is 0 Å². The van der Waals surface area contributed by atoms with Crippen LogP contribution < -0.4 is 10.2 Å². The second kappa shape index (κ2) is 8.49. The number of amides is 2. The van der Waals surface area contributed by atoms with Crippen LogP contribution >= 0.6 is 0 Å². The highest BCUT2D eigenvalue weighted by atomic mass is 16.5. The maximum absolute atomic E-state index is 12.0. The molecule has 0 saturated carbocycles. The highest BCUT2D eigenvalue weighted by molar-refractivity contribution is 5.96. The first-order valence-electron chi connectivity index (χ1n) is 8.08. The molecule has 1 aliphatic rings. The predicted octanol–water partition coefficient (Wildman–Crippen LogP) is 1.89. The number of hydrogen-bond donors (Lipinski definition) is 1. The predicted molar refractivity (Wildman–Crippen MR) is 95.2 cm³/mol. The molecule has 2 amide bonds. The number of benzene rings is 1. The molecule has 1 aliphatic heterocycles. The van der Waals surface area contributed by atoms with E-state index in [4.69, 9.17) is 4.74 Å². The zero-order chi connectivity index (χ0) is 17.5. The summed E-state index contributed by atoms with van der Waals surface area (Å²) in [5.74, 6) is -0.389. The summed E-state index contributed by atoms with van der Waals surface area (Å²) in [6.07, 6.45) is 1.52. The molecule has 24 heavy (non-hydrogen) atoms. The number of carbonyl (C=O) groups excluding carboxylic acids is 2. The Balaban J connectivity index is 1.87. The zero-order valence-corrected chi connectivity index (χ0v) is 14.5. The first-order chi connectivity index (χ1) is 11.5. The van der Waals surface area contributed by atoms with Gasteiger partial charge in [-0.05, 0) is 38.1 Å². The van der Waals surface area contributed by atoms with Crippen LogP contribution in [0.2, 0.25) is 0 Å². The first kappa shape index (κ1) is 18.0. The van der Waals surface area contributed by atoms with E-state index >= 15 is 0 Å². The molecule has 0 atom stereocenters. The SMILES string of the molecule is CC(C)=CC(=O)N(C)CC(=O)Nc1ccc(N2CCOCC2)cc1. The van der Waals surface area contributed by atoms with E-state index in [0.717, 1.165) is 43.3 Å². The lowest BCUT2D eigenvalue weighted by Crippen LogP contribution is -2.36. The summed E-state index contributed by atoms with van der Waals surface area (Å²) in [6.45, 7) is 6.96. The minimum Gasteiger partial charge on any atom is -0.378 e. The summed E-state index contributed by atoms with van der Waals surface area (Å²) in [7, 11) is 1.61. The standard InChI is InChI=1S/C18H25N3O3/c1-14(2)12-18(23)20(3)13-17(22)19-15-4-6-16(7-5-15)21-8-10-24-11-9-21/h4-7,12H,8-11,13H2,1-3H3,(H,19,22). The number of hydrogen-bond acceptors (Lipinski definition) is 4. The van der Waals surface area contributed by atoms with Gasteiger partial charge in [-0.2, -0.15) is 0 Å². The first-order valence-corrected chi connectivity index (χ1v) is 8.08. The van der Waals surface area contributed by atoms with Crippen LogP contribution in [0.4, 0.5) is 11.4 Å². The van der Waals surface area contributed by atoms with Gasteiger partial charge in [-0.15, -0.1) is 0 Å². The van der Waals surface area contributed by atoms with Crippen molar-refractivity contribution >= 4 is 23.2 Å². The Hall–Kier alpha value is -2.34. The van der Waals surface area contributed by atoms with Crippen molar-refractivity contribution in [1.29, 1.82) is 0 Å². The fraction of sp³-hybridized carbons (Fsp3) is 0.444. The number of likely N-dealkylation sites (N-methyl/N-ethyl adjacent to an activating group) is 1. The molecule has 1 fully saturated rings. The Morgan fingerprint density at radius 2 is 1.83 bits per heavy atom. The molecule has 1 saturated heterocycles. The van der Waals surface area contributed by atoms with Gasteiger partial charge in [-0.1, -0.05) is 5.57 Å². The summed E-state index contributed by atoms with van der Waals surface area (Å²) in [4.78, 5) is 27.5. The van der Waals surface area contributed by atoms with Crippen LogP contribution in [0.25, 0.3) is 0 Å². The zero-order valence-electron chi connectivity index (χ0n) is 14.5. The minimum atomic E-state index is -0.216. The Morgan fingerprint density at radius 3 is 2.42 bits per heavy atom. The van der Waals surface area contributed by atoms with Crippen LogP contribution in [0.15, 0.2) is 35.9 Å². The highest BCUT2D eigenvalue weighted by Gasteiger charge is 2.13. The molecular weight excluding hydrogens is 306 g/mol.